The third-order valence-corrected chi connectivity index (χ3v) is 6.22. The Balaban J connectivity index is 1.65. The first kappa shape index (κ1) is 17.7. The van der Waals surface area contributed by atoms with Gasteiger partial charge in [0.2, 0.25) is 5.88 Å². The zero-order valence-electron chi connectivity index (χ0n) is 14.2. The van der Waals surface area contributed by atoms with E-state index in [0.29, 0.717) is 28.3 Å². The fraction of sp³-hybridized carbons (Fsp3) is 0.474. The molecule has 2 fully saturated rings. The van der Waals surface area contributed by atoms with E-state index in [1.165, 1.54) is 15.6 Å². The Hall–Kier alpha value is -1.72. The molecular formula is C19H20Cl2N2O3. The molecule has 1 aromatic heterocycles. The summed E-state index contributed by atoms with van der Waals surface area (Å²) in [5.41, 5.74) is 0.0271. The minimum atomic E-state index is -0.430. The van der Waals surface area contributed by atoms with Crippen LogP contribution >= 0.6 is 23.2 Å². The third-order valence-electron chi connectivity index (χ3n) is 5.78. The summed E-state index contributed by atoms with van der Waals surface area (Å²) < 4.78 is 2.62. The van der Waals surface area contributed by atoms with E-state index in [0.717, 1.165) is 30.9 Å². The van der Waals surface area contributed by atoms with Gasteiger partial charge in [0.25, 0.3) is 5.56 Å². The Morgan fingerprint density at radius 1 is 1.04 bits per heavy atom. The maximum Gasteiger partial charge on any atom is 0.334 e. The molecule has 2 aromatic rings. The Morgan fingerprint density at radius 2 is 1.77 bits per heavy atom. The molecular weight excluding hydrogens is 375 g/mol. The lowest BCUT2D eigenvalue weighted by molar-refractivity contribution is 0.297. The Morgan fingerprint density at radius 3 is 2.38 bits per heavy atom. The molecule has 1 heterocycles. The average molecular weight is 395 g/mol. The van der Waals surface area contributed by atoms with E-state index >= 15 is 0 Å². The van der Waals surface area contributed by atoms with Crippen molar-refractivity contribution in [2.45, 2.75) is 44.7 Å². The van der Waals surface area contributed by atoms with Crippen LogP contribution in [0.25, 0.3) is 0 Å². The van der Waals surface area contributed by atoms with E-state index in [4.69, 9.17) is 23.2 Å². The zero-order valence-corrected chi connectivity index (χ0v) is 15.7. The van der Waals surface area contributed by atoms with Crippen molar-refractivity contribution in [1.82, 2.24) is 9.13 Å². The summed E-state index contributed by atoms with van der Waals surface area (Å²) in [6, 6.07) is 6.31. The number of aromatic hydroxyl groups is 1. The smallest absolute Gasteiger partial charge is 0.334 e. The highest BCUT2D eigenvalue weighted by atomic mass is 35.5. The maximum absolute atomic E-state index is 12.9. The highest BCUT2D eigenvalue weighted by Crippen LogP contribution is 2.49. The molecule has 26 heavy (non-hydrogen) atoms. The lowest BCUT2D eigenvalue weighted by Crippen LogP contribution is -2.43. The molecule has 0 saturated heterocycles. The second-order valence-electron chi connectivity index (χ2n) is 7.41. The summed E-state index contributed by atoms with van der Waals surface area (Å²) in [6.45, 7) is 0.252. The summed E-state index contributed by atoms with van der Waals surface area (Å²) in [4.78, 5) is 25.3. The van der Waals surface area contributed by atoms with Crippen LogP contribution in [0.4, 0.5) is 0 Å². The van der Waals surface area contributed by atoms with Crippen LogP contribution in [0.5, 0.6) is 5.88 Å². The molecule has 2 saturated carbocycles. The van der Waals surface area contributed by atoms with Gasteiger partial charge >= 0.3 is 5.69 Å². The summed E-state index contributed by atoms with van der Waals surface area (Å²) in [6.07, 6.45) is 4.72. The minimum absolute atomic E-state index is 0.0405. The quantitative estimate of drug-likeness (QED) is 0.860. The molecule has 138 valence electrons. The normalized spacial score (nSPS) is 24.3. The largest absolute Gasteiger partial charge is 0.494 e. The number of fused-ring (bicyclic) bond motifs is 2. The number of aromatic nitrogens is 2. The minimum Gasteiger partial charge on any atom is -0.494 e. The van der Waals surface area contributed by atoms with Crippen molar-refractivity contribution in [2.75, 3.05) is 0 Å². The van der Waals surface area contributed by atoms with Crippen molar-refractivity contribution >= 4 is 23.2 Å². The van der Waals surface area contributed by atoms with E-state index < -0.39 is 11.2 Å². The van der Waals surface area contributed by atoms with Gasteiger partial charge in [0.15, 0.2) is 0 Å². The standard InChI is InChI=1S/C19H20Cl2N2O3/c20-14-6-12(7-15(21)9-14)3-4-22-17(24)10-18(25)23(19(22)26)16-8-11-1-2-13(16)5-11/h6-7,9-11,13,16,24H,1-5,8H2. The van der Waals surface area contributed by atoms with Gasteiger partial charge in [0.1, 0.15) is 0 Å². The SMILES string of the molecule is O=c1cc(O)n(CCc2cc(Cl)cc(Cl)c2)c(=O)n1C1CC2CCC1C2. The molecule has 1 N–H and O–H groups in total. The molecule has 0 spiro atoms. The van der Waals surface area contributed by atoms with Crippen LogP contribution in [0.15, 0.2) is 33.9 Å². The lowest BCUT2D eigenvalue weighted by atomic mass is 9.95. The van der Waals surface area contributed by atoms with Crippen molar-refractivity contribution in [3.8, 4) is 5.88 Å². The number of benzene rings is 1. The van der Waals surface area contributed by atoms with E-state index in [-0.39, 0.29) is 18.5 Å². The molecule has 0 radical (unpaired) electrons. The van der Waals surface area contributed by atoms with Crippen molar-refractivity contribution in [3.05, 3.63) is 60.7 Å². The summed E-state index contributed by atoms with van der Waals surface area (Å²) in [5.74, 6) is 0.717. The number of rotatable bonds is 4. The van der Waals surface area contributed by atoms with E-state index in [9.17, 15) is 14.7 Å². The van der Waals surface area contributed by atoms with Gasteiger partial charge in [-0.15, -0.1) is 0 Å². The zero-order chi connectivity index (χ0) is 18.4. The number of halogens is 2. The van der Waals surface area contributed by atoms with Gasteiger partial charge in [-0.2, -0.15) is 0 Å². The van der Waals surface area contributed by atoms with Crippen LogP contribution in [-0.4, -0.2) is 14.2 Å². The lowest BCUT2D eigenvalue weighted by Gasteiger charge is -2.24. The molecule has 0 aliphatic heterocycles. The van der Waals surface area contributed by atoms with Gasteiger partial charge in [0, 0.05) is 22.6 Å². The fourth-order valence-electron chi connectivity index (χ4n) is 4.62. The Kier molecular flexibility index (Phi) is 4.61. The fourth-order valence-corrected chi connectivity index (χ4v) is 5.19. The molecule has 4 rings (SSSR count). The molecule has 3 unspecified atom stereocenters. The molecule has 3 atom stereocenters. The number of hydrogen-bond donors (Lipinski definition) is 1. The molecule has 1 aromatic carbocycles. The first-order valence-corrected chi connectivity index (χ1v) is 9.68. The van der Waals surface area contributed by atoms with Crippen LogP contribution in [0.3, 0.4) is 0 Å². The molecule has 5 nitrogen and oxygen atoms in total. The highest BCUT2D eigenvalue weighted by Gasteiger charge is 2.41. The van der Waals surface area contributed by atoms with Gasteiger partial charge in [0.05, 0.1) is 6.07 Å². The Bertz CT molecular complexity index is 946. The molecule has 7 heteroatoms. The van der Waals surface area contributed by atoms with Crippen molar-refractivity contribution < 1.29 is 5.11 Å². The van der Waals surface area contributed by atoms with Gasteiger partial charge in [-0.1, -0.05) is 29.6 Å². The molecule has 0 amide bonds. The number of nitrogens with zero attached hydrogens (tertiary/aromatic N) is 2. The Labute approximate surface area is 160 Å². The van der Waals surface area contributed by atoms with Crippen molar-refractivity contribution in [1.29, 1.82) is 0 Å². The van der Waals surface area contributed by atoms with Crippen LogP contribution in [0.1, 0.15) is 37.3 Å². The van der Waals surface area contributed by atoms with Crippen LogP contribution < -0.4 is 11.2 Å². The van der Waals surface area contributed by atoms with E-state index in [1.54, 1.807) is 18.2 Å². The summed E-state index contributed by atoms with van der Waals surface area (Å²) >= 11 is 12.0. The monoisotopic (exact) mass is 394 g/mol. The second kappa shape index (κ2) is 6.78. The highest BCUT2D eigenvalue weighted by molar-refractivity contribution is 6.34. The maximum atomic E-state index is 12.9. The average Bonchev–Trinajstić information content (AvgIpc) is 3.16. The summed E-state index contributed by atoms with van der Waals surface area (Å²) in [7, 11) is 0. The van der Waals surface area contributed by atoms with Gasteiger partial charge in [-0.05, 0) is 61.3 Å². The van der Waals surface area contributed by atoms with Gasteiger partial charge < -0.3 is 5.11 Å². The first-order chi connectivity index (χ1) is 12.4. The van der Waals surface area contributed by atoms with E-state index in [2.05, 4.69) is 0 Å². The topological polar surface area (TPSA) is 64.2 Å². The van der Waals surface area contributed by atoms with Gasteiger partial charge in [-0.3, -0.25) is 13.9 Å². The molecule has 2 aliphatic carbocycles. The van der Waals surface area contributed by atoms with Crippen LogP contribution in [-0.2, 0) is 13.0 Å². The van der Waals surface area contributed by atoms with Gasteiger partial charge in [-0.25, -0.2) is 4.79 Å². The van der Waals surface area contributed by atoms with Crippen molar-refractivity contribution in [2.24, 2.45) is 11.8 Å². The number of hydrogen-bond acceptors (Lipinski definition) is 3. The van der Waals surface area contributed by atoms with E-state index in [1.807, 2.05) is 0 Å². The van der Waals surface area contributed by atoms with Crippen LogP contribution in [0, 0.1) is 11.8 Å². The predicted octanol–water partition coefficient (Wildman–Crippen LogP) is 3.63. The van der Waals surface area contributed by atoms with Crippen LogP contribution in [0.2, 0.25) is 10.0 Å². The predicted molar refractivity (Wildman–Crippen MR) is 101 cm³/mol. The van der Waals surface area contributed by atoms with Crippen molar-refractivity contribution in [3.63, 3.8) is 0 Å². The first-order valence-electron chi connectivity index (χ1n) is 8.92. The molecule has 2 bridgehead atoms. The number of aryl methyl sites for hydroxylation is 1. The second-order valence-corrected chi connectivity index (χ2v) is 8.29. The molecule has 2 aliphatic rings. The summed E-state index contributed by atoms with van der Waals surface area (Å²) in [5, 5.41) is 11.2. The third kappa shape index (κ3) is 3.19.